The van der Waals surface area contributed by atoms with E-state index in [0.717, 1.165) is 11.1 Å². The van der Waals surface area contributed by atoms with Crippen LogP contribution in [0.4, 0.5) is 5.69 Å². The highest BCUT2D eigenvalue weighted by molar-refractivity contribution is 6.80. The predicted molar refractivity (Wildman–Crippen MR) is 130 cm³/mol. The number of aryl methyl sites for hydroxylation is 2. The summed E-state index contributed by atoms with van der Waals surface area (Å²) in [7, 11) is -2.04. The fraction of sp³-hybridized carbons (Fsp3) is 0.308. The Labute approximate surface area is 186 Å². The van der Waals surface area contributed by atoms with Crippen molar-refractivity contribution in [2.24, 2.45) is 5.41 Å². The van der Waals surface area contributed by atoms with E-state index in [0.29, 0.717) is 11.1 Å². The van der Waals surface area contributed by atoms with Crippen molar-refractivity contribution in [1.82, 2.24) is 0 Å². The zero-order chi connectivity index (χ0) is 22.8. The maximum absolute atomic E-state index is 11.8. The van der Waals surface area contributed by atoms with Gasteiger partial charge in [0.25, 0.3) is 5.69 Å². The first kappa shape index (κ1) is 22.9. The van der Waals surface area contributed by atoms with E-state index in [2.05, 4.69) is 45.0 Å². The van der Waals surface area contributed by atoms with E-state index in [9.17, 15) is 10.1 Å². The van der Waals surface area contributed by atoms with E-state index in [4.69, 9.17) is 4.43 Å². The molecule has 5 heteroatoms. The van der Waals surface area contributed by atoms with Crippen molar-refractivity contribution in [1.29, 1.82) is 0 Å². The number of hydrogen-bond acceptors (Lipinski definition) is 3. The van der Waals surface area contributed by atoms with E-state index >= 15 is 0 Å². The lowest BCUT2D eigenvalue weighted by molar-refractivity contribution is -0.386. The van der Waals surface area contributed by atoms with Crippen molar-refractivity contribution < 1.29 is 9.35 Å². The number of hydrogen-bond donors (Lipinski definition) is 0. The van der Waals surface area contributed by atoms with Crippen LogP contribution in [0.1, 0.15) is 49.1 Å². The number of nitro benzene ring substituents is 1. The molecule has 0 bridgehead atoms. The summed E-state index contributed by atoms with van der Waals surface area (Å²) in [5, 5.41) is 14.2. The van der Waals surface area contributed by atoms with E-state index < -0.39 is 9.04 Å². The summed E-state index contributed by atoms with van der Waals surface area (Å²) < 4.78 is 7.03. The van der Waals surface area contributed by atoms with Gasteiger partial charge >= 0.3 is 0 Å². The first-order valence-electron chi connectivity index (χ1n) is 10.6. The van der Waals surface area contributed by atoms with E-state index in [1.807, 2.05) is 56.3 Å². The summed E-state index contributed by atoms with van der Waals surface area (Å²) in [6, 6.07) is 22.6. The zero-order valence-electron chi connectivity index (χ0n) is 19.2. The Hall–Kier alpha value is -2.76. The van der Waals surface area contributed by atoms with Gasteiger partial charge in [-0.3, -0.25) is 10.1 Å². The number of rotatable bonds is 6. The summed E-state index contributed by atoms with van der Waals surface area (Å²) in [6.45, 7) is 12.1. The molecule has 0 amide bonds. The molecule has 0 aromatic heterocycles. The van der Waals surface area contributed by atoms with Crippen LogP contribution in [0.3, 0.4) is 0 Å². The minimum Gasteiger partial charge on any atom is -0.403 e. The average molecular weight is 434 g/mol. The fourth-order valence-electron chi connectivity index (χ4n) is 4.32. The van der Waals surface area contributed by atoms with Crippen LogP contribution in [-0.4, -0.2) is 14.0 Å². The molecule has 0 spiro atoms. The van der Waals surface area contributed by atoms with Crippen molar-refractivity contribution in [2.45, 2.75) is 47.6 Å². The summed E-state index contributed by atoms with van der Waals surface area (Å²) in [5.41, 5.74) is 3.32. The largest absolute Gasteiger partial charge is 0.403 e. The molecule has 0 aliphatic rings. The van der Waals surface area contributed by atoms with Crippen LogP contribution in [0, 0.1) is 36.3 Å². The molecule has 1 atom stereocenters. The summed E-state index contributed by atoms with van der Waals surface area (Å²) in [6.07, 6.45) is -0.274. The van der Waals surface area contributed by atoms with Gasteiger partial charge in [-0.25, -0.2) is 0 Å². The van der Waals surface area contributed by atoms with Crippen LogP contribution in [0.25, 0.3) is 0 Å². The highest BCUT2D eigenvalue weighted by Crippen LogP contribution is 2.42. The normalized spacial score (nSPS) is 12.7. The van der Waals surface area contributed by atoms with Gasteiger partial charge in [-0.1, -0.05) is 81.4 Å². The van der Waals surface area contributed by atoms with Gasteiger partial charge in [0.05, 0.1) is 11.0 Å². The smallest absolute Gasteiger partial charge is 0.275 e. The first-order valence-corrected chi connectivity index (χ1v) is 12.2. The third-order valence-corrected chi connectivity index (χ3v) is 8.22. The van der Waals surface area contributed by atoms with Crippen LogP contribution in [0.5, 0.6) is 0 Å². The Morgan fingerprint density at radius 2 is 1.35 bits per heavy atom. The van der Waals surface area contributed by atoms with Gasteiger partial charge in [-0.2, -0.15) is 0 Å². The number of nitro groups is 1. The zero-order valence-corrected chi connectivity index (χ0v) is 20.3. The molecule has 0 fully saturated rings. The van der Waals surface area contributed by atoms with Gasteiger partial charge < -0.3 is 4.43 Å². The highest BCUT2D eigenvalue weighted by atomic mass is 28.3. The Morgan fingerprint density at radius 3 is 1.77 bits per heavy atom. The SMILES string of the molecule is Cc1cc(C)c([N+](=O)[O-])c(C)c1C(O[SiH](c1ccccc1)c1ccccc1)C(C)(C)C. The maximum Gasteiger partial charge on any atom is 0.275 e. The van der Waals surface area contributed by atoms with E-state index in [1.165, 1.54) is 10.4 Å². The minimum atomic E-state index is -2.04. The summed E-state index contributed by atoms with van der Waals surface area (Å²) in [5.74, 6) is 0. The van der Waals surface area contributed by atoms with Crippen molar-refractivity contribution in [3.63, 3.8) is 0 Å². The second-order valence-corrected chi connectivity index (χ2v) is 11.6. The molecule has 3 aromatic rings. The standard InChI is InChI=1S/C26H31NO3Si/c1-18-17-19(2)24(27(28)29)20(3)23(18)25(26(4,5)6)30-31(21-13-9-7-10-14-21)22-15-11-8-12-16-22/h7-17,25,31H,1-6H3. The Bertz CT molecular complexity index is 1020. The van der Waals surface area contributed by atoms with Crippen LogP contribution in [-0.2, 0) is 4.43 Å². The van der Waals surface area contributed by atoms with E-state index in [1.54, 1.807) is 6.92 Å². The van der Waals surface area contributed by atoms with Crippen LogP contribution in [0.15, 0.2) is 66.7 Å². The van der Waals surface area contributed by atoms with Crippen molar-refractivity contribution in [3.8, 4) is 0 Å². The maximum atomic E-state index is 11.8. The average Bonchev–Trinajstić information content (AvgIpc) is 2.70. The quantitative estimate of drug-likeness (QED) is 0.306. The lowest BCUT2D eigenvalue weighted by atomic mass is 9.80. The van der Waals surface area contributed by atoms with Gasteiger partial charge in [0.2, 0.25) is 9.04 Å². The molecule has 0 N–H and O–H groups in total. The Kier molecular flexibility index (Phi) is 6.77. The fourth-order valence-corrected chi connectivity index (χ4v) is 6.98. The van der Waals surface area contributed by atoms with Crippen LogP contribution < -0.4 is 10.4 Å². The van der Waals surface area contributed by atoms with Gasteiger partial charge in [-0.15, -0.1) is 0 Å². The lowest BCUT2D eigenvalue weighted by Gasteiger charge is -2.36. The van der Waals surface area contributed by atoms with E-state index in [-0.39, 0.29) is 22.1 Å². The molecule has 0 heterocycles. The van der Waals surface area contributed by atoms with Crippen molar-refractivity contribution in [3.05, 3.63) is 99.1 Å². The molecule has 0 saturated heterocycles. The van der Waals surface area contributed by atoms with Gasteiger partial charge in [-0.05, 0) is 53.8 Å². The van der Waals surface area contributed by atoms with Crippen molar-refractivity contribution in [2.75, 3.05) is 0 Å². The Morgan fingerprint density at radius 1 is 0.871 bits per heavy atom. The summed E-state index contributed by atoms with van der Waals surface area (Å²) in [4.78, 5) is 11.5. The summed E-state index contributed by atoms with van der Waals surface area (Å²) >= 11 is 0. The predicted octanol–water partition coefficient (Wildman–Crippen LogP) is 5.16. The minimum absolute atomic E-state index is 0.191. The second kappa shape index (κ2) is 9.16. The third kappa shape index (κ3) is 4.94. The highest BCUT2D eigenvalue weighted by Gasteiger charge is 2.36. The monoisotopic (exact) mass is 433 g/mol. The molecule has 0 aliphatic carbocycles. The third-order valence-electron chi connectivity index (χ3n) is 5.70. The molecular formula is C26H31NO3Si. The van der Waals surface area contributed by atoms with Gasteiger partial charge in [0.1, 0.15) is 0 Å². The molecule has 162 valence electrons. The second-order valence-electron chi connectivity index (χ2n) is 9.24. The molecule has 0 radical (unpaired) electrons. The molecule has 31 heavy (non-hydrogen) atoms. The van der Waals surface area contributed by atoms with Crippen LogP contribution in [0.2, 0.25) is 0 Å². The molecule has 0 aliphatic heterocycles. The molecule has 3 rings (SSSR count). The number of benzene rings is 3. The topological polar surface area (TPSA) is 52.4 Å². The van der Waals surface area contributed by atoms with Crippen LogP contribution >= 0.6 is 0 Å². The molecule has 1 unspecified atom stereocenters. The molecule has 4 nitrogen and oxygen atoms in total. The first-order chi connectivity index (χ1) is 14.6. The number of nitrogens with zero attached hydrogens (tertiary/aromatic N) is 1. The van der Waals surface area contributed by atoms with Gasteiger partial charge in [0, 0.05) is 11.1 Å². The lowest BCUT2D eigenvalue weighted by Crippen LogP contribution is -2.47. The van der Waals surface area contributed by atoms with Crippen molar-refractivity contribution >= 4 is 25.1 Å². The van der Waals surface area contributed by atoms with Gasteiger partial charge in [0.15, 0.2) is 0 Å². The molecule has 0 saturated carbocycles. The molecular weight excluding hydrogens is 402 g/mol. The Balaban J connectivity index is 2.18. The molecule has 3 aromatic carbocycles.